The summed E-state index contributed by atoms with van der Waals surface area (Å²) in [5.74, 6) is 0.0922. The lowest BCUT2D eigenvalue weighted by atomic mass is 10.3. The second-order valence-corrected chi connectivity index (χ2v) is 4.18. The molecule has 0 bridgehead atoms. The molecule has 0 saturated heterocycles. The van der Waals surface area contributed by atoms with Gasteiger partial charge in [-0.05, 0) is 6.42 Å². The number of halogens is 1. The number of ether oxygens (including phenoxy) is 1. The van der Waals surface area contributed by atoms with Gasteiger partial charge in [0.1, 0.15) is 0 Å². The first-order valence-corrected chi connectivity index (χ1v) is 6.60. The van der Waals surface area contributed by atoms with Crippen LogP contribution in [-0.4, -0.2) is 43.3 Å². The van der Waals surface area contributed by atoms with Gasteiger partial charge in [-0.15, -0.1) is 0 Å². The van der Waals surface area contributed by atoms with E-state index in [1.54, 1.807) is 12.0 Å². The number of nitrogens with one attached hydrogen (secondary N) is 1. The number of nitriles is 1. The summed E-state index contributed by atoms with van der Waals surface area (Å²) in [5.41, 5.74) is 0. The van der Waals surface area contributed by atoms with E-state index in [9.17, 15) is 4.39 Å². The fourth-order valence-electron chi connectivity index (χ4n) is 1.61. The first-order valence-electron chi connectivity index (χ1n) is 6.60. The Kier molecular flexibility index (Phi) is 7.29. The van der Waals surface area contributed by atoms with Crippen LogP contribution in [0.4, 0.5) is 16.2 Å². The fraction of sp³-hybridized carbons (Fsp3) is 0.615. The van der Waals surface area contributed by atoms with E-state index in [-0.39, 0.29) is 5.82 Å². The molecule has 20 heavy (non-hydrogen) atoms. The molecule has 1 aromatic rings. The summed E-state index contributed by atoms with van der Waals surface area (Å²) in [4.78, 5) is 9.77. The molecule has 110 valence electrons. The van der Waals surface area contributed by atoms with E-state index in [0.717, 1.165) is 19.2 Å². The Labute approximate surface area is 118 Å². The third-order valence-corrected chi connectivity index (χ3v) is 2.62. The summed E-state index contributed by atoms with van der Waals surface area (Å²) in [7, 11) is 1.58. The van der Waals surface area contributed by atoms with Gasteiger partial charge in [-0.25, -0.2) is 9.37 Å². The van der Waals surface area contributed by atoms with E-state index in [2.05, 4.69) is 15.3 Å². The normalized spacial score (nSPS) is 10.1. The largest absolute Gasteiger partial charge is 0.383 e. The summed E-state index contributed by atoms with van der Waals surface area (Å²) in [5, 5.41) is 11.7. The first-order chi connectivity index (χ1) is 9.72. The van der Waals surface area contributed by atoms with Crippen molar-refractivity contribution in [1.29, 1.82) is 5.26 Å². The van der Waals surface area contributed by atoms with E-state index < -0.39 is 5.82 Å². The average molecular weight is 281 g/mol. The van der Waals surface area contributed by atoms with Crippen LogP contribution in [0.5, 0.6) is 0 Å². The molecule has 0 amide bonds. The number of nitrogens with zero attached hydrogens (tertiary/aromatic N) is 4. The first kappa shape index (κ1) is 16.1. The number of methoxy groups -OCH3 is 1. The maximum atomic E-state index is 13.9. The second kappa shape index (κ2) is 9.04. The molecule has 1 N–H and O–H groups in total. The van der Waals surface area contributed by atoms with Gasteiger partial charge in [0.25, 0.3) is 0 Å². The quantitative estimate of drug-likeness (QED) is 0.744. The molecule has 0 saturated carbocycles. The van der Waals surface area contributed by atoms with Crippen LogP contribution in [0.3, 0.4) is 0 Å². The van der Waals surface area contributed by atoms with Crippen molar-refractivity contribution in [3.63, 3.8) is 0 Å². The van der Waals surface area contributed by atoms with E-state index in [0.29, 0.717) is 32.1 Å². The zero-order chi connectivity index (χ0) is 14.8. The van der Waals surface area contributed by atoms with Gasteiger partial charge in [0.2, 0.25) is 5.95 Å². The minimum absolute atomic E-state index is 0.200. The molecule has 0 fully saturated rings. The highest BCUT2D eigenvalue weighted by Gasteiger charge is 2.14. The van der Waals surface area contributed by atoms with Crippen molar-refractivity contribution < 1.29 is 9.13 Å². The Morgan fingerprint density at radius 2 is 2.30 bits per heavy atom. The molecule has 1 rings (SSSR count). The summed E-state index contributed by atoms with van der Waals surface area (Å²) >= 11 is 0. The van der Waals surface area contributed by atoms with Gasteiger partial charge >= 0.3 is 0 Å². The Bertz CT molecular complexity index is 449. The molecule has 1 aromatic heterocycles. The van der Waals surface area contributed by atoms with Gasteiger partial charge in [0.05, 0.1) is 25.3 Å². The third-order valence-electron chi connectivity index (χ3n) is 2.62. The monoisotopic (exact) mass is 281 g/mol. The van der Waals surface area contributed by atoms with Crippen LogP contribution in [0.15, 0.2) is 6.20 Å². The topological polar surface area (TPSA) is 74.1 Å². The number of hydrogen-bond donors (Lipinski definition) is 1. The van der Waals surface area contributed by atoms with Crippen LogP contribution in [0, 0.1) is 17.1 Å². The molecule has 7 heteroatoms. The lowest BCUT2D eigenvalue weighted by Gasteiger charge is -2.23. The highest BCUT2D eigenvalue weighted by Crippen LogP contribution is 2.17. The molecule has 0 atom stereocenters. The summed E-state index contributed by atoms with van der Waals surface area (Å²) < 4.78 is 18.9. The van der Waals surface area contributed by atoms with Gasteiger partial charge in [-0.2, -0.15) is 10.2 Å². The lowest BCUT2D eigenvalue weighted by Crippen LogP contribution is -2.30. The summed E-state index contributed by atoms with van der Waals surface area (Å²) in [6.45, 7) is 4.06. The molecule has 0 aliphatic heterocycles. The fourth-order valence-corrected chi connectivity index (χ4v) is 1.61. The van der Waals surface area contributed by atoms with E-state index in [4.69, 9.17) is 10.00 Å². The predicted octanol–water partition coefficient (Wildman–Crippen LogP) is 1.80. The molecule has 0 spiro atoms. The van der Waals surface area contributed by atoms with Gasteiger partial charge in [0, 0.05) is 26.7 Å². The van der Waals surface area contributed by atoms with Gasteiger partial charge in [-0.1, -0.05) is 6.92 Å². The lowest BCUT2D eigenvalue weighted by molar-refractivity contribution is 0.205. The standard InChI is InChI=1S/C13H20FN5O/c1-3-6-16-13-17-10-11(14)12(18-13)19(7-4-5-15)8-9-20-2/h10H,3-4,6-9H2,1-2H3,(H,16,17,18). The minimum atomic E-state index is -0.499. The minimum Gasteiger partial charge on any atom is -0.383 e. The van der Waals surface area contributed by atoms with Crippen molar-refractivity contribution in [3.05, 3.63) is 12.0 Å². The van der Waals surface area contributed by atoms with E-state index in [1.807, 2.05) is 13.0 Å². The molecule has 0 aliphatic carbocycles. The molecular formula is C13H20FN5O. The van der Waals surface area contributed by atoms with Crippen LogP contribution in [0.2, 0.25) is 0 Å². The van der Waals surface area contributed by atoms with Crippen LogP contribution in [-0.2, 0) is 4.74 Å². The Morgan fingerprint density at radius 1 is 1.50 bits per heavy atom. The smallest absolute Gasteiger partial charge is 0.224 e. The summed E-state index contributed by atoms with van der Waals surface area (Å²) in [6, 6.07) is 2.05. The van der Waals surface area contributed by atoms with Crippen molar-refractivity contribution in [2.75, 3.05) is 43.6 Å². The van der Waals surface area contributed by atoms with Crippen LogP contribution in [0.25, 0.3) is 0 Å². The molecule has 0 aliphatic rings. The molecule has 6 nitrogen and oxygen atoms in total. The highest BCUT2D eigenvalue weighted by molar-refractivity contribution is 5.44. The van der Waals surface area contributed by atoms with E-state index >= 15 is 0 Å². The molecule has 0 unspecified atom stereocenters. The Morgan fingerprint density at radius 3 is 2.95 bits per heavy atom. The zero-order valence-electron chi connectivity index (χ0n) is 11.9. The zero-order valence-corrected chi connectivity index (χ0v) is 11.9. The summed E-state index contributed by atoms with van der Waals surface area (Å²) in [6.07, 6.45) is 2.37. The van der Waals surface area contributed by atoms with Crippen LogP contribution >= 0.6 is 0 Å². The van der Waals surface area contributed by atoms with Crippen LogP contribution in [0.1, 0.15) is 19.8 Å². The maximum Gasteiger partial charge on any atom is 0.224 e. The van der Waals surface area contributed by atoms with Crippen molar-refractivity contribution in [2.24, 2.45) is 0 Å². The van der Waals surface area contributed by atoms with Gasteiger partial charge < -0.3 is 15.0 Å². The number of rotatable bonds is 9. The SMILES string of the molecule is CCCNc1ncc(F)c(N(CCC#N)CCOC)n1. The van der Waals surface area contributed by atoms with Gasteiger partial charge in [-0.3, -0.25) is 0 Å². The highest BCUT2D eigenvalue weighted by atomic mass is 19.1. The number of hydrogen-bond acceptors (Lipinski definition) is 6. The number of aromatic nitrogens is 2. The Hall–Kier alpha value is -1.94. The van der Waals surface area contributed by atoms with Crippen LogP contribution < -0.4 is 10.2 Å². The third kappa shape index (κ3) is 4.97. The number of anilines is 2. The molecule has 0 radical (unpaired) electrons. The van der Waals surface area contributed by atoms with Crippen molar-refractivity contribution >= 4 is 11.8 Å². The second-order valence-electron chi connectivity index (χ2n) is 4.18. The predicted molar refractivity (Wildman–Crippen MR) is 75.1 cm³/mol. The van der Waals surface area contributed by atoms with E-state index in [1.165, 1.54) is 0 Å². The maximum absolute atomic E-state index is 13.9. The molecule has 1 heterocycles. The van der Waals surface area contributed by atoms with Crippen molar-refractivity contribution in [1.82, 2.24) is 9.97 Å². The Balaban J connectivity index is 2.88. The van der Waals surface area contributed by atoms with Gasteiger partial charge in [0.15, 0.2) is 11.6 Å². The van der Waals surface area contributed by atoms with Crippen molar-refractivity contribution in [3.8, 4) is 6.07 Å². The molecule has 0 aromatic carbocycles. The van der Waals surface area contributed by atoms with Crippen molar-refractivity contribution in [2.45, 2.75) is 19.8 Å². The molecular weight excluding hydrogens is 261 g/mol. The average Bonchev–Trinajstić information content (AvgIpc) is 2.47.